The topological polar surface area (TPSA) is 86.8 Å². The maximum Gasteiger partial charge on any atom is 0.224 e. The minimum absolute atomic E-state index is 0.000267. The van der Waals surface area contributed by atoms with Crippen LogP contribution in [0, 0.1) is 6.92 Å². The molecular formula is C23H29N3O4S. The molecule has 7 nitrogen and oxygen atoms in total. The van der Waals surface area contributed by atoms with E-state index >= 15 is 0 Å². The Morgan fingerprint density at radius 1 is 0.903 bits per heavy atom. The van der Waals surface area contributed by atoms with Crippen LogP contribution in [-0.4, -0.2) is 63.6 Å². The summed E-state index contributed by atoms with van der Waals surface area (Å²) in [6.45, 7) is 4.94. The Hall–Kier alpha value is -2.87. The fraction of sp³-hybridized carbons (Fsp3) is 0.391. The molecule has 1 aliphatic heterocycles. The summed E-state index contributed by atoms with van der Waals surface area (Å²) in [5.41, 5.74) is 2.13. The molecule has 31 heavy (non-hydrogen) atoms. The summed E-state index contributed by atoms with van der Waals surface area (Å²) < 4.78 is 24.6. The van der Waals surface area contributed by atoms with Gasteiger partial charge in [-0.25, -0.2) is 8.42 Å². The monoisotopic (exact) mass is 443 g/mol. The SMILES string of the molecule is Cc1ccc(S(=O)(=O)CCC(=O)NCCC(=O)N2CCN(c3ccccc3)CC2)cc1. The van der Waals surface area contributed by atoms with Gasteiger partial charge in [-0.3, -0.25) is 9.59 Å². The van der Waals surface area contributed by atoms with E-state index in [2.05, 4.69) is 22.3 Å². The van der Waals surface area contributed by atoms with Crippen molar-refractivity contribution in [3.63, 3.8) is 0 Å². The zero-order valence-corrected chi connectivity index (χ0v) is 18.6. The van der Waals surface area contributed by atoms with Crippen LogP contribution >= 0.6 is 0 Å². The Balaban J connectivity index is 1.36. The van der Waals surface area contributed by atoms with E-state index in [0.29, 0.717) is 13.1 Å². The second-order valence-electron chi connectivity index (χ2n) is 7.69. The normalized spacial score (nSPS) is 14.4. The molecule has 2 aromatic carbocycles. The Bertz CT molecular complexity index is 983. The number of piperazine rings is 1. The highest BCUT2D eigenvalue weighted by Gasteiger charge is 2.21. The molecule has 8 heteroatoms. The number of nitrogens with one attached hydrogen (secondary N) is 1. The van der Waals surface area contributed by atoms with Crippen LogP contribution in [0.15, 0.2) is 59.5 Å². The van der Waals surface area contributed by atoms with E-state index in [1.165, 1.54) is 0 Å². The third kappa shape index (κ3) is 6.55. The summed E-state index contributed by atoms with van der Waals surface area (Å²) in [6.07, 6.45) is 0.0853. The van der Waals surface area contributed by atoms with Gasteiger partial charge < -0.3 is 15.1 Å². The lowest BCUT2D eigenvalue weighted by molar-refractivity contribution is -0.131. The number of nitrogens with zero attached hydrogens (tertiary/aromatic N) is 2. The molecule has 0 aliphatic carbocycles. The van der Waals surface area contributed by atoms with Crippen LogP contribution in [0.4, 0.5) is 5.69 Å². The number of sulfone groups is 1. The molecule has 1 fully saturated rings. The lowest BCUT2D eigenvalue weighted by Gasteiger charge is -2.36. The second-order valence-corrected chi connectivity index (χ2v) is 9.79. The molecule has 0 saturated carbocycles. The number of carbonyl (C=O) groups is 2. The van der Waals surface area contributed by atoms with E-state index in [4.69, 9.17) is 0 Å². The summed E-state index contributed by atoms with van der Waals surface area (Å²) >= 11 is 0. The van der Waals surface area contributed by atoms with Crippen LogP contribution in [-0.2, 0) is 19.4 Å². The van der Waals surface area contributed by atoms with Crippen LogP contribution in [0.2, 0.25) is 0 Å². The van der Waals surface area contributed by atoms with E-state index < -0.39 is 9.84 Å². The highest BCUT2D eigenvalue weighted by molar-refractivity contribution is 7.91. The predicted octanol–water partition coefficient (Wildman–Crippen LogP) is 2.01. The van der Waals surface area contributed by atoms with Crippen molar-refractivity contribution in [2.24, 2.45) is 0 Å². The molecular weight excluding hydrogens is 414 g/mol. The van der Waals surface area contributed by atoms with Crippen molar-refractivity contribution in [3.8, 4) is 0 Å². The fourth-order valence-corrected chi connectivity index (χ4v) is 4.74. The van der Waals surface area contributed by atoms with Gasteiger partial charge in [0.15, 0.2) is 9.84 Å². The predicted molar refractivity (Wildman–Crippen MR) is 121 cm³/mol. The zero-order valence-electron chi connectivity index (χ0n) is 17.8. The van der Waals surface area contributed by atoms with E-state index in [1.807, 2.05) is 30.0 Å². The molecule has 0 unspecified atom stereocenters. The number of carbonyl (C=O) groups excluding carboxylic acids is 2. The maximum atomic E-state index is 12.4. The van der Waals surface area contributed by atoms with Crippen LogP contribution in [0.25, 0.3) is 0 Å². The van der Waals surface area contributed by atoms with Crippen LogP contribution in [0.5, 0.6) is 0 Å². The number of para-hydroxylation sites is 1. The minimum atomic E-state index is -3.50. The van der Waals surface area contributed by atoms with Crippen molar-refractivity contribution in [2.75, 3.05) is 43.4 Å². The van der Waals surface area contributed by atoms with E-state index in [-0.39, 0.29) is 41.8 Å². The lowest BCUT2D eigenvalue weighted by atomic mass is 10.2. The number of benzene rings is 2. The summed E-state index contributed by atoms with van der Waals surface area (Å²) in [7, 11) is -3.50. The molecule has 0 atom stereocenters. The maximum absolute atomic E-state index is 12.4. The molecule has 0 bridgehead atoms. The Kier molecular flexibility index (Phi) is 7.68. The highest BCUT2D eigenvalue weighted by atomic mass is 32.2. The fourth-order valence-electron chi connectivity index (χ4n) is 3.50. The molecule has 166 valence electrons. The summed E-state index contributed by atoms with van der Waals surface area (Å²) in [6, 6.07) is 16.7. The van der Waals surface area contributed by atoms with Crippen molar-refractivity contribution in [1.82, 2.24) is 10.2 Å². The summed E-state index contributed by atoms with van der Waals surface area (Å²) in [5.74, 6) is -0.616. The first kappa shape index (κ1) is 22.8. The van der Waals surface area contributed by atoms with Crippen LogP contribution in [0.3, 0.4) is 0 Å². The van der Waals surface area contributed by atoms with Gasteiger partial charge in [-0.05, 0) is 31.2 Å². The quantitative estimate of drug-likeness (QED) is 0.675. The zero-order chi connectivity index (χ0) is 22.3. The molecule has 1 heterocycles. The number of rotatable bonds is 8. The third-order valence-electron chi connectivity index (χ3n) is 5.39. The van der Waals surface area contributed by atoms with Gasteiger partial charge in [0.25, 0.3) is 0 Å². The summed E-state index contributed by atoms with van der Waals surface area (Å²) in [4.78, 5) is 28.7. The minimum Gasteiger partial charge on any atom is -0.368 e. The summed E-state index contributed by atoms with van der Waals surface area (Å²) in [5, 5.41) is 2.66. The molecule has 0 radical (unpaired) electrons. The second kappa shape index (κ2) is 10.4. The van der Waals surface area contributed by atoms with E-state index in [9.17, 15) is 18.0 Å². The van der Waals surface area contributed by atoms with Gasteiger partial charge in [0.05, 0.1) is 10.6 Å². The van der Waals surface area contributed by atoms with Crippen molar-refractivity contribution in [3.05, 3.63) is 60.2 Å². The van der Waals surface area contributed by atoms with Gasteiger partial charge in [0.2, 0.25) is 11.8 Å². The number of aryl methyl sites for hydroxylation is 1. The first-order valence-corrected chi connectivity index (χ1v) is 12.1. The Morgan fingerprint density at radius 3 is 2.19 bits per heavy atom. The van der Waals surface area contributed by atoms with Gasteiger partial charge in [0.1, 0.15) is 0 Å². The van der Waals surface area contributed by atoms with Gasteiger partial charge in [0, 0.05) is 51.3 Å². The Morgan fingerprint density at radius 2 is 1.55 bits per heavy atom. The van der Waals surface area contributed by atoms with Gasteiger partial charge in [-0.2, -0.15) is 0 Å². The Labute approximate surface area is 184 Å². The molecule has 3 rings (SSSR count). The lowest BCUT2D eigenvalue weighted by Crippen LogP contribution is -2.49. The number of hydrogen-bond acceptors (Lipinski definition) is 5. The number of hydrogen-bond donors (Lipinski definition) is 1. The molecule has 0 spiro atoms. The van der Waals surface area contributed by atoms with Crippen molar-refractivity contribution < 1.29 is 18.0 Å². The molecule has 1 aliphatic rings. The van der Waals surface area contributed by atoms with Gasteiger partial charge in [-0.15, -0.1) is 0 Å². The van der Waals surface area contributed by atoms with Crippen molar-refractivity contribution >= 4 is 27.3 Å². The molecule has 1 N–H and O–H groups in total. The average Bonchev–Trinajstić information content (AvgIpc) is 2.79. The smallest absolute Gasteiger partial charge is 0.224 e. The first-order chi connectivity index (χ1) is 14.8. The van der Waals surface area contributed by atoms with Crippen LogP contribution < -0.4 is 10.2 Å². The van der Waals surface area contributed by atoms with E-state index in [1.54, 1.807) is 24.3 Å². The standard InChI is InChI=1S/C23H29N3O4S/c1-19-7-9-21(10-8-19)31(29,30)18-12-22(27)24-13-11-23(28)26-16-14-25(15-17-26)20-5-3-2-4-6-20/h2-10H,11-18H2,1H3,(H,24,27). The first-order valence-electron chi connectivity index (χ1n) is 10.5. The average molecular weight is 444 g/mol. The molecule has 2 amide bonds. The highest BCUT2D eigenvalue weighted by Crippen LogP contribution is 2.16. The van der Waals surface area contributed by atoms with Crippen molar-refractivity contribution in [1.29, 1.82) is 0 Å². The van der Waals surface area contributed by atoms with Crippen molar-refractivity contribution in [2.45, 2.75) is 24.7 Å². The third-order valence-corrected chi connectivity index (χ3v) is 7.12. The van der Waals surface area contributed by atoms with Crippen LogP contribution in [0.1, 0.15) is 18.4 Å². The molecule has 0 aromatic heterocycles. The van der Waals surface area contributed by atoms with Gasteiger partial charge in [-0.1, -0.05) is 35.9 Å². The van der Waals surface area contributed by atoms with Gasteiger partial charge >= 0.3 is 0 Å². The largest absolute Gasteiger partial charge is 0.368 e. The molecule has 2 aromatic rings. The number of anilines is 1. The number of amides is 2. The van der Waals surface area contributed by atoms with E-state index in [0.717, 1.165) is 24.3 Å². The molecule has 1 saturated heterocycles.